The van der Waals surface area contributed by atoms with Crippen molar-refractivity contribution in [3.63, 3.8) is 0 Å². The van der Waals surface area contributed by atoms with Crippen molar-refractivity contribution in [3.8, 4) is 17.1 Å². The molecule has 1 aliphatic rings. The van der Waals surface area contributed by atoms with Gasteiger partial charge in [-0.15, -0.1) is 0 Å². The van der Waals surface area contributed by atoms with Crippen molar-refractivity contribution in [3.05, 3.63) is 88.9 Å². The van der Waals surface area contributed by atoms with Crippen LogP contribution in [0.25, 0.3) is 22.5 Å². The summed E-state index contributed by atoms with van der Waals surface area (Å²) >= 11 is 0. The number of ether oxygens (including phenoxy) is 1. The van der Waals surface area contributed by atoms with Gasteiger partial charge in [0, 0.05) is 29.2 Å². The standard InChI is InChI=1S/C36H40N6O5S/c1-21(2)30-15-29-33(47-30)37-18-25(38-29)19-42-26(17-36(5,6)7)20-46-31-16-28(32-22(3)10-8-11-23(32)4)39-35(40-31)41-48(44,45)27-13-9-12-24(14-27)34(42)43/h8-16,18,21,26H,17,19-20H2,1-7H3,(H,39,40,41)/t26-/m1/s1. The predicted molar refractivity (Wildman–Crippen MR) is 183 cm³/mol. The number of furan rings is 1. The number of fused-ring (bicyclic) bond motifs is 5. The van der Waals surface area contributed by atoms with E-state index in [0.29, 0.717) is 29.0 Å². The third-order valence-electron chi connectivity index (χ3n) is 8.24. The molecule has 1 amide bonds. The van der Waals surface area contributed by atoms with Crippen LogP contribution < -0.4 is 9.46 Å². The third kappa shape index (κ3) is 7.03. The fourth-order valence-corrected chi connectivity index (χ4v) is 6.95. The fourth-order valence-electron chi connectivity index (χ4n) is 5.96. The van der Waals surface area contributed by atoms with Crippen LogP contribution in [0.1, 0.15) is 79.9 Å². The number of hydrogen-bond acceptors (Lipinski definition) is 9. The molecule has 1 atom stereocenters. The number of benzene rings is 2. The summed E-state index contributed by atoms with van der Waals surface area (Å²) in [4.78, 5) is 34.4. The Morgan fingerprint density at radius 3 is 2.44 bits per heavy atom. The summed E-state index contributed by atoms with van der Waals surface area (Å²) in [5, 5.41) is 0. The molecule has 0 saturated heterocycles. The van der Waals surface area contributed by atoms with E-state index in [9.17, 15) is 13.2 Å². The largest absolute Gasteiger partial charge is 0.475 e. The molecule has 4 bridgehead atoms. The van der Waals surface area contributed by atoms with Gasteiger partial charge in [-0.2, -0.15) is 4.98 Å². The Balaban J connectivity index is 1.49. The Labute approximate surface area is 280 Å². The summed E-state index contributed by atoms with van der Waals surface area (Å²) in [5.74, 6) is 0.619. The van der Waals surface area contributed by atoms with Crippen LogP contribution in [-0.2, 0) is 16.6 Å². The van der Waals surface area contributed by atoms with Crippen LogP contribution in [0.4, 0.5) is 5.95 Å². The molecule has 0 fully saturated rings. The lowest BCUT2D eigenvalue weighted by molar-refractivity contribution is 0.0509. The highest BCUT2D eigenvalue weighted by Gasteiger charge is 2.32. The van der Waals surface area contributed by atoms with Crippen LogP contribution in [0, 0.1) is 19.3 Å². The monoisotopic (exact) mass is 668 g/mol. The van der Waals surface area contributed by atoms with Gasteiger partial charge < -0.3 is 14.1 Å². The van der Waals surface area contributed by atoms with Crippen molar-refractivity contribution in [1.82, 2.24) is 24.8 Å². The van der Waals surface area contributed by atoms with Crippen molar-refractivity contribution >= 4 is 33.1 Å². The van der Waals surface area contributed by atoms with Gasteiger partial charge in [0.25, 0.3) is 15.9 Å². The van der Waals surface area contributed by atoms with Crippen molar-refractivity contribution in [1.29, 1.82) is 0 Å². The van der Waals surface area contributed by atoms with E-state index in [2.05, 4.69) is 40.4 Å². The van der Waals surface area contributed by atoms with Gasteiger partial charge in [0.15, 0.2) is 0 Å². The molecule has 11 nitrogen and oxygen atoms in total. The molecule has 1 aliphatic heterocycles. The molecule has 3 aromatic heterocycles. The number of sulfonamides is 1. The van der Waals surface area contributed by atoms with Gasteiger partial charge in [-0.1, -0.05) is 58.9 Å². The van der Waals surface area contributed by atoms with E-state index in [1.165, 1.54) is 12.1 Å². The van der Waals surface area contributed by atoms with Crippen LogP contribution in [0.2, 0.25) is 0 Å². The molecule has 12 heteroatoms. The number of nitrogens with zero attached hydrogens (tertiary/aromatic N) is 5. The Bertz CT molecular complexity index is 2100. The van der Waals surface area contributed by atoms with Crippen LogP contribution >= 0.6 is 0 Å². The molecule has 6 rings (SSSR count). The van der Waals surface area contributed by atoms with Gasteiger partial charge >= 0.3 is 0 Å². The third-order valence-corrected chi connectivity index (χ3v) is 9.56. The minimum absolute atomic E-state index is 0.0803. The fraction of sp³-hybridized carbons (Fsp3) is 0.361. The van der Waals surface area contributed by atoms with Gasteiger partial charge in [-0.25, -0.2) is 28.1 Å². The molecule has 0 radical (unpaired) electrons. The molecular formula is C36H40N6O5S. The predicted octanol–water partition coefficient (Wildman–Crippen LogP) is 7.06. The van der Waals surface area contributed by atoms with Gasteiger partial charge in [0.2, 0.25) is 17.5 Å². The summed E-state index contributed by atoms with van der Waals surface area (Å²) in [6.07, 6.45) is 2.17. The van der Waals surface area contributed by atoms with E-state index in [4.69, 9.17) is 14.1 Å². The second-order valence-corrected chi connectivity index (χ2v) is 15.5. The number of hydrogen-bond donors (Lipinski definition) is 1. The van der Waals surface area contributed by atoms with E-state index < -0.39 is 16.1 Å². The van der Waals surface area contributed by atoms with Gasteiger partial charge in [-0.3, -0.25) is 4.79 Å². The van der Waals surface area contributed by atoms with Crippen molar-refractivity contribution in [2.75, 3.05) is 11.3 Å². The zero-order chi connectivity index (χ0) is 34.4. The van der Waals surface area contributed by atoms with Crippen molar-refractivity contribution < 1.29 is 22.4 Å². The number of nitrogens with one attached hydrogen (secondary N) is 1. The van der Waals surface area contributed by atoms with E-state index in [1.807, 2.05) is 52.0 Å². The summed E-state index contributed by atoms with van der Waals surface area (Å²) in [7, 11) is -4.18. The lowest BCUT2D eigenvalue weighted by Crippen LogP contribution is -2.45. The molecule has 2 aromatic carbocycles. The maximum atomic E-state index is 14.4. The Morgan fingerprint density at radius 1 is 1.00 bits per heavy atom. The minimum atomic E-state index is -4.18. The molecule has 48 heavy (non-hydrogen) atoms. The Morgan fingerprint density at radius 2 is 1.73 bits per heavy atom. The molecule has 0 unspecified atom stereocenters. The lowest BCUT2D eigenvalue weighted by Gasteiger charge is -2.35. The van der Waals surface area contributed by atoms with Crippen LogP contribution in [0.3, 0.4) is 0 Å². The van der Waals surface area contributed by atoms with Gasteiger partial charge in [-0.05, 0) is 55.0 Å². The zero-order valence-electron chi connectivity index (χ0n) is 28.2. The first kappa shape index (κ1) is 33.1. The zero-order valence-corrected chi connectivity index (χ0v) is 29.1. The number of rotatable bonds is 5. The highest BCUT2D eigenvalue weighted by molar-refractivity contribution is 7.92. The average Bonchev–Trinajstić information content (AvgIpc) is 3.45. The SMILES string of the molecule is Cc1cccc(C)c1-c1cc2nc(n1)NS(=O)(=O)c1cccc(c1)C(=O)N(Cc1cnc3oc(C(C)C)cc3n1)[C@H](CC(C)(C)C)CO2. The summed E-state index contributed by atoms with van der Waals surface area (Å²) < 4.78 is 42.1. The molecule has 0 saturated carbocycles. The average molecular weight is 669 g/mol. The van der Waals surface area contributed by atoms with Crippen LogP contribution in [0.5, 0.6) is 5.88 Å². The van der Waals surface area contributed by atoms with E-state index in [-0.39, 0.29) is 52.7 Å². The summed E-state index contributed by atoms with van der Waals surface area (Å²) in [5.41, 5.74) is 4.90. The van der Waals surface area contributed by atoms with E-state index in [1.54, 1.807) is 29.3 Å². The van der Waals surface area contributed by atoms with Crippen LogP contribution in [0.15, 0.2) is 70.1 Å². The Hall–Kier alpha value is -4.84. The maximum absolute atomic E-state index is 14.4. The lowest BCUT2D eigenvalue weighted by atomic mass is 9.87. The van der Waals surface area contributed by atoms with Gasteiger partial charge in [0.1, 0.15) is 17.9 Å². The molecule has 5 aromatic rings. The number of carbonyl (C=O) groups is 1. The normalized spacial score (nSPS) is 16.5. The van der Waals surface area contributed by atoms with Crippen molar-refractivity contribution in [2.24, 2.45) is 5.41 Å². The minimum Gasteiger partial charge on any atom is -0.475 e. The number of carbonyl (C=O) groups excluding carboxylic acids is 1. The smallest absolute Gasteiger partial charge is 0.264 e. The highest BCUT2D eigenvalue weighted by atomic mass is 32.2. The number of aryl methyl sites for hydroxylation is 2. The highest BCUT2D eigenvalue weighted by Crippen LogP contribution is 2.32. The molecule has 0 aliphatic carbocycles. The molecular weight excluding hydrogens is 629 g/mol. The maximum Gasteiger partial charge on any atom is 0.264 e. The molecule has 4 heterocycles. The quantitative estimate of drug-likeness (QED) is 0.208. The summed E-state index contributed by atoms with van der Waals surface area (Å²) in [6, 6.07) is 15.0. The molecule has 0 spiro atoms. The van der Waals surface area contributed by atoms with Crippen molar-refractivity contribution in [2.45, 2.75) is 78.3 Å². The number of aromatic nitrogens is 4. The Kier molecular flexibility index (Phi) is 8.71. The number of anilines is 1. The summed E-state index contributed by atoms with van der Waals surface area (Å²) in [6.45, 7) is 14.5. The number of amides is 1. The topological polar surface area (TPSA) is 140 Å². The second kappa shape index (κ2) is 12.6. The van der Waals surface area contributed by atoms with E-state index in [0.717, 1.165) is 22.5 Å². The first-order valence-corrected chi connectivity index (χ1v) is 17.4. The van der Waals surface area contributed by atoms with Gasteiger partial charge in [0.05, 0.1) is 35.1 Å². The first-order valence-electron chi connectivity index (χ1n) is 15.9. The molecule has 1 N–H and O–H groups in total. The second-order valence-electron chi connectivity index (χ2n) is 13.8. The molecule has 250 valence electrons. The first-order chi connectivity index (χ1) is 22.7. The van der Waals surface area contributed by atoms with Crippen LogP contribution in [-0.4, -0.2) is 51.8 Å². The van der Waals surface area contributed by atoms with E-state index >= 15 is 0 Å².